The van der Waals surface area contributed by atoms with E-state index in [1.807, 2.05) is 43.3 Å². The van der Waals surface area contributed by atoms with E-state index in [4.69, 9.17) is 9.72 Å². The third-order valence-corrected chi connectivity index (χ3v) is 6.20. The molecular weight excluding hydrogens is 374 g/mol. The van der Waals surface area contributed by atoms with Crippen molar-refractivity contribution in [1.82, 2.24) is 9.55 Å². The van der Waals surface area contributed by atoms with Gasteiger partial charge in [0, 0.05) is 11.7 Å². The minimum Gasteiger partial charge on any atom is -0.465 e. The number of esters is 1. The Hall–Kier alpha value is -2.82. The van der Waals surface area contributed by atoms with Crippen LogP contribution in [-0.2, 0) is 4.74 Å². The third-order valence-electron chi connectivity index (χ3n) is 6.20. The normalized spacial score (nSPS) is 20.8. The number of imidazole rings is 1. The molecule has 0 amide bonds. The lowest BCUT2D eigenvalue weighted by molar-refractivity contribution is 0.0600. The van der Waals surface area contributed by atoms with Gasteiger partial charge in [-0.1, -0.05) is 39.0 Å². The number of carbonyl (C=O) groups is 1. The largest absolute Gasteiger partial charge is 0.465 e. The lowest BCUT2D eigenvalue weighted by atomic mass is 9.70. The van der Waals surface area contributed by atoms with Crippen LogP contribution in [0, 0.1) is 18.3 Å². The van der Waals surface area contributed by atoms with E-state index in [-0.39, 0.29) is 11.4 Å². The molecule has 0 radical (unpaired) electrons. The molecule has 30 heavy (non-hydrogen) atoms. The second-order valence-electron chi connectivity index (χ2n) is 9.51. The number of hydrogen-bond acceptors (Lipinski definition) is 4. The Morgan fingerprint density at radius 1 is 1.20 bits per heavy atom. The van der Waals surface area contributed by atoms with Crippen molar-refractivity contribution >= 4 is 28.6 Å². The number of hydrogen-bond donors (Lipinski definition) is 1. The molecule has 1 aliphatic carbocycles. The van der Waals surface area contributed by atoms with E-state index in [2.05, 4.69) is 36.7 Å². The molecule has 2 atom stereocenters. The average molecular weight is 406 g/mol. The lowest BCUT2D eigenvalue weighted by Gasteiger charge is -2.40. The van der Waals surface area contributed by atoms with Crippen LogP contribution in [0.4, 0.5) is 11.6 Å². The van der Waals surface area contributed by atoms with Gasteiger partial charge in [0.05, 0.1) is 23.7 Å². The first-order chi connectivity index (χ1) is 14.3. The lowest BCUT2D eigenvalue weighted by Crippen LogP contribution is -2.29. The van der Waals surface area contributed by atoms with Crippen LogP contribution < -0.4 is 5.32 Å². The number of aryl methyl sites for hydroxylation is 1. The van der Waals surface area contributed by atoms with E-state index in [1.165, 1.54) is 13.5 Å². The summed E-state index contributed by atoms with van der Waals surface area (Å²) in [5, 5.41) is 3.52. The van der Waals surface area contributed by atoms with Crippen molar-refractivity contribution in [3.8, 4) is 0 Å². The Morgan fingerprint density at radius 2 is 1.93 bits per heavy atom. The van der Waals surface area contributed by atoms with Gasteiger partial charge in [-0.2, -0.15) is 0 Å². The van der Waals surface area contributed by atoms with Gasteiger partial charge < -0.3 is 14.6 Å². The fourth-order valence-corrected chi connectivity index (χ4v) is 5.18. The summed E-state index contributed by atoms with van der Waals surface area (Å²) in [4.78, 5) is 17.1. The van der Waals surface area contributed by atoms with Crippen LogP contribution >= 0.6 is 0 Å². The first-order valence-electron chi connectivity index (χ1n) is 10.7. The molecule has 5 nitrogen and oxygen atoms in total. The van der Waals surface area contributed by atoms with E-state index in [0.29, 0.717) is 17.5 Å². The molecular formula is C25H31N3O2. The number of fused-ring (bicyclic) bond motifs is 1. The number of nitrogens with zero attached hydrogens (tertiary/aromatic N) is 2. The molecule has 0 aliphatic heterocycles. The van der Waals surface area contributed by atoms with Gasteiger partial charge in [-0.25, -0.2) is 9.78 Å². The number of ether oxygens (including phenoxy) is 1. The van der Waals surface area contributed by atoms with Crippen LogP contribution in [0.5, 0.6) is 0 Å². The summed E-state index contributed by atoms with van der Waals surface area (Å²) in [6.45, 7) is 9.03. The topological polar surface area (TPSA) is 56.1 Å². The zero-order chi connectivity index (χ0) is 21.5. The van der Waals surface area contributed by atoms with Crippen molar-refractivity contribution in [2.24, 2.45) is 11.3 Å². The second-order valence-corrected chi connectivity index (χ2v) is 9.51. The molecule has 1 aromatic heterocycles. The standard InChI is InChI=1S/C25H31N3O2/c1-16-11-19(15-25(3,4)14-16)28-22-12-17(2)20(23(29)30-5)13-21(22)27-24(28)26-18-9-7-6-8-10-18/h6-10,12-13,16,19H,11,14-15H2,1-5H3,(H,26,27)/t16-,19+/m1/s1. The van der Waals surface area contributed by atoms with Crippen molar-refractivity contribution in [3.05, 3.63) is 53.6 Å². The summed E-state index contributed by atoms with van der Waals surface area (Å²) < 4.78 is 7.32. The number of carbonyl (C=O) groups excluding carboxylic acids is 1. The Balaban J connectivity index is 1.87. The van der Waals surface area contributed by atoms with Crippen LogP contribution in [0.2, 0.25) is 0 Å². The van der Waals surface area contributed by atoms with Gasteiger partial charge in [0.2, 0.25) is 5.95 Å². The van der Waals surface area contributed by atoms with Crippen LogP contribution in [0.1, 0.15) is 62.0 Å². The van der Waals surface area contributed by atoms with Gasteiger partial charge in [-0.15, -0.1) is 0 Å². The summed E-state index contributed by atoms with van der Waals surface area (Å²) in [7, 11) is 1.42. The molecule has 1 N–H and O–H groups in total. The molecule has 1 saturated carbocycles. The number of rotatable bonds is 4. The van der Waals surface area contributed by atoms with Crippen molar-refractivity contribution in [2.75, 3.05) is 12.4 Å². The van der Waals surface area contributed by atoms with Gasteiger partial charge in [-0.3, -0.25) is 0 Å². The molecule has 0 saturated heterocycles. The molecule has 0 unspecified atom stereocenters. The van der Waals surface area contributed by atoms with Gasteiger partial charge >= 0.3 is 5.97 Å². The maximum absolute atomic E-state index is 12.2. The molecule has 158 valence electrons. The predicted octanol–water partition coefficient (Wildman–Crippen LogP) is 6.26. The summed E-state index contributed by atoms with van der Waals surface area (Å²) in [5.41, 5.74) is 4.64. The molecule has 0 spiro atoms. The molecule has 5 heteroatoms. The minimum atomic E-state index is -0.325. The monoisotopic (exact) mass is 405 g/mol. The molecule has 1 fully saturated rings. The highest BCUT2D eigenvalue weighted by Gasteiger charge is 2.35. The molecule has 1 aliphatic rings. The quantitative estimate of drug-likeness (QED) is 0.520. The summed E-state index contributed by atoms with van der Waals surface area (Å²) in [6.07, 6.45) is 3.46. The highest BCUT2D eigenvalue weighted by molar-refractivity contribution is 5.96. The van der Waals surface area contributed by atoms with E-state index in [1.54, 1.807) is 0 Å². The third kappa shape index (κ3) is 3.93. The number of para-hydroxylation sites is 1. The summed E-state index contributed by atoms with van der Waals surface area (Å²) >= 11 is 0. The van der Waals surface area contributed by atoms with E-state index < -0.39 is 0 Å². The predicted molar refractivity (Wildman–Crippen MR) is 121 cm³/mol. The Morgan fingerprint density at radius 3 is 2.60 bits per heavy atom. The van der Waals surface area contributed by atoms with Crippen LogP contribution in [-0.4, -0.2) is 22.6 Å². The summed E-state index contributed by atoms with van der Waals surface area (Å²) in [5.74, 6) is 1.15. The first kappa shape index (κ1) is 20.5. The van der Waals surface area contributed by atoms with Crippen LogP contribution in [0.15, 0.2) is 42.5 Å². The van der Waals surface area contributed by atoms with E-state index in [9.17, 15) is 4.79 Å². The van der Waals surface area contributed by atoms with Crippen molar-refractivity contribution in [3.63, 3.8) is 0 Å². The smallest absolute Gasteiger partial charge is 0.338 e. The minimum absolute atomic E-state index is 0.282. The number of anilines is 2. The maximum Gasteiger partial charge on any atom is 0.338 e. The molecule has 3 aromatic rings. The number of benzene rings is 2. The Kier molecular flexibility index (Phi) is 5.31. The highest BCUT2D eigenvalue weighted by Crippen LogP contribution is 2.46. The summed E-state index contributed by atoms with van der Waals surface area (Å²) in [6, 6.07) is 14.4. The van der Waals surface area contributed by atoms with Gasteiger partial charge in [0.15, 0.2) is 0 Å². The highest BCUT2D eigenvalue weighted by atomic mass is 16.5. The molecule has 0 bridgehead atoms. The fraction of sp³-hybridized carbons (Fsp3) is 0.440. The number of aromatic nitrogens is 2. The maximum atomic E-state index is 12.2. The van der Waals surface area contributed by atoms with Crippen molar-refractivity contribution in [1.29, 1.82) is 0 Å². The Labute approximate surface area is 178 Å². The van der Waals surface area contributed by atoms with Gasteiger partial charge in [0.25, 0.3) is 0 Å². The van der Waals surface area contributed by atoms with E-state index in [0.717, 1.165) is 41.1 Å². The van der Waals surface area contributed by atoms with Crippen LogP contribution in [0.3, 0.4) is 0 Å². The van der Waals surface area contributed by atoms with Gasteiger partial charge in [-0.05, 0) is 67.3 Å². The van der Waals surface area contributed by atoms with Gasteiger partial charge in [0.1, 0.15) is 0 Å². The second kappa shape index (κ2) is 7.78. The number of nitrogens with one attached hydrogen (secondary N) is 1. The van der Waals surface area contributed by atoms with E-state index >= 15 is 0 Å². The zero-order valence-corrected chi connectivity index (χ0v) is 18.5. The zero-order valence-electron chi connectivity index (χ0n) is 18.5. The molecule has 1 heterocycles. The van der Waals surface area contributed by atoms with Crippen LogP contribution in [0.25, 0.3) is 11.0 Å². The van der Waals surface area contributed by atoms with Crippen molar-refractivity contribution < 1.29 is 9.53 Å². The molecule has 2 aromatic carbocycles. The number of methoxy groups -OCH3 is 1. The average Bonchev–Trinajstić information content (AvgIpc) is 3.02. The van der Waals surface area contributed by atoms with Crippen molar-refractivity contribution in [2.45, 2.75) is 53.0 Å². The SMILES string of the molecule is COC(=O)c1cc2nc(Nc3ccccc3)n([C@H]3C[C@@H](C)CC(C)(C)C3)c2cc1C. The Bertz CT molecular complexity index is 1070. The molecule has 4 rings (SSSR count). The first-order valence-corrected chi connectivity index (χ1v) is 10.7. The fourth-order valence-electron chi connectivity index (χ4n) is 5.18.